The number of hydrazine groups is 1. The van der Waals surface area contributed by atoms with Crippen LogP contribution < -0.4 is 0 Å². The van der Waals surface area contributed by atoms with Gasteiger partial charge in [0.2, 0.25) is 0 Å². The summed E-state index contributed by atoms with van der Waals surface area (Å²) in [5.74, 6) is 3.22. The zero-order valence-corrected chi connectivity index (χ0v) is 12.7. The molecule has 2 amide bonds. The van der Waals surface area contributed by atoms with Gasteiger partial charge in [0.05, 0.1) is 25.3 Å². The molecule has 0 spiro atoms. The first-order chi connectivity index (χ1) is 10.7. The molecule has 5 fully saturated rings. The molecule has 1 aliphatic heterocycles. The SMILES string of the molecule is CCOC(=O)N1[C@H]2C3C4[C@H]5C=C[C@H]4[C@H]([C@H]52)[C@H]3N1C(=O)OCC. The van der Waals surface area contributed by atoms with Crippen molar-refractivity contribution in [2.45, 2.75) is 25.9 Å². The number of hydrogen-bond donors (Lipinski definition) is 0. The number of carbonyl (C=O) groups is 2. The monoisotopic (exact) mass is 304 g/mol. The van der Waals surface area contributed by atoms with Crippen LogP contribution in [0.15, 0.2) is 12.2 Å². The molecule has 8 bridgehead atoms. The lowest BCUT2D eigenvalue weighted by Crippen LogP contribution is -2.59. The Hall–Kier alpha value is -1.72. The molecule has 6 aliphatic rings. The lowest BCUT2D eigenvalue weighted by molar-refractivity contribution is -0.0744. The molecule has 1 saturated heterocycles. The highest BCUT2D eigenvalue weighted by Gasteiger charge is 2.82. The molecule has 0 N–H and O–H groups in total. The topological polar surface area (TPSA) is 59.1 Å². The summed E-state index contributed by atoms with van der Waals surface area (Å²) in [6, 6.07) is 0.240. The van der Waals surface area contributed by atoms with Gasteiger partial charge in [0.1, 0.15) is 0 Å². The van der Waals surface area contributed by atoms with E-state index in [1.54, 1.807) is 23.9 Å². The Morgan fingerprint density at radius 1 is 0.818 bits per heavy atom. The number of rotatable bonds is 2. The molecule has 0 aromatic heterocycles. The molecule has 118 valence electrons. The highest BCUT2D eigenvalue weighted by Crippen LogP contribution is 2.76. The summed E-state index contributed by atoms with van der Waals surface area (Å²) in [6.07, 6.45) is 3.87. The van der Waals surface area contributed by atoms with Crippen LogP contribution in [0.5, 0.6) is 0 Å². The van der Waals surface area contributed by atoms with Crippen LogP contribution in [0.2, 0.25) is 0 Å². The van der Waals surface area contributed by atoms with Gasteiger partial charge in [-0.3, -0.25) is 0 Å². The Labute approximate surface area is 129 Å². The summed E-state index contributed by atoms with van der Waals surface area (Å²) in [6.45, 7) is 4.21. The molecular weight excluding hydrogens is 284 g/mol. The van der Waals surface area contributed by atoms with Gasteiger partial charge in [0, 0.05) is 5.92 Å². The zero-order chi connectivity index (χ0) is 15.2. The quantitative estimate of drug-likeness (QED) is 0.731. The normalized spacial score (nSPS) is 47.9. The first-order valence-electron chi connectivity index (χ1n) is 8.31. The number of allylic oxidation sites excluding steroid dienone is 2. The average Bonchev–Trinajstić information content (AvgIpc) is 3.27. The van der Waals surface area contributed by atoms with Gasteiger partial charge in [0.25, 0.3) is 0 Å². The largest absolute Gasteiger partial charge is 0.448 e. The van der Waals surface area contributed by atoms with Crippen molar-refractivity contribution in [2.24, 2.45) is 35.5 Å². The van der Waals surface area contributed by atoms with Crippen molar-refractivity contribution in [1.82, 2.24) is 10.0 Å². The number of hydrogen-bond acceptors (Lipinski definition) is 4. The molecule has 4 saturated carbocycles. The molecule has 0 aromatic carbocycles. The fourth-order valence-electron chi connectivity index (χ4n) is 6.39. The highest BCUT2D eigenvalue weighted by molar-refractivity contribution is 5.77. The minimum absolute atomic E-state index is 0.120. The Bertz CT molecular complexity index is 543. The molecule has 6 nitrogen and oxygen atoms in total. The van der Waals surface area contributed by atoms with Crippen LogP contribution in [-0.4, -0.2) is 47.5 Å². The third kappa shape index (κ3) is 1.14. The predicted molar refractivity (Wildman–Crippen MR) is 75.4 cm³/mol. The second-order valence-corrected chi connectivity index (χ2v) is 6.92. The van der Waals surface area contributed by atoms with E-state index in [-0.39, 0.29) is 12.1 Å². The average molecular weight is 304 g/mol. The molecule has 5 aliphatic carbocycles. The van der Waals surface area contributed by atoms with Crippen molar-refractivity contribution in [3.05, 3.63) is 12.2 Å². The summed E-state index contributed by atoms with van der Waals surface area (Å²) < 4.78 is 10.4. The minimum atomic E-state index is -0.404. The summed E-state index contributed by atoms with van der Waals surface area (Å²) in [5, 5.41) is 3.17. The Kier molecular flexibility index (Phi) is 2.31. The first kappa shape index (κ1) is 12.8. The number of carbonyl (C=O) groups excluding carboxylic acids is 2. The van der Waals surface area contributed by atoms with Crippen molar-refractivity contribution >= 4 is 12.2 Å². The lowest BCUT2D eigenvalue weighted by Gasteiger charge is -2.44. The Balaban J connectivity index is 1.53. The van der Waals surface area contributed by atoms with E-state index in [0.29, 0.717) is 48.7 Å². The molecule has 2 unspecified atom stereocenters. The van der Waals surface area contributed by atoms with Gasteiger partial charge < -0.3 is 9.47 Å². The van der Waals surface area contributed by atoms with E-state index in [1.165, 1.54) is 0 Å². The van der Waals surface area contributed by atoms with Crippen LogP contribution >= 0.6 is 0 Å². The zero-order valence-electron chi connectivity index (χ0n) is 12.7. The van der Waals surface area contributed by atoms with Gasteiger partial charge in [0.15, 0.2) is 0 Å². The first-order valence-corrected chi connectivity index (χ1v) is 8.31. The van der Waals surface area contributed by atoms with Crippen molar-refractivity contribution in [3.8, 4) is 0 Å². The maximum absolute atomic E-state index is 12.4. The molecule has 1 heterocycles. The van der Waals surface area contributed by atoms with E-state index in [1.807, 2.05) is 0 Å². The third-order valence-electron chi connectivity index (χ3n) is 6.51. The smallest absolute Gasteiger partial charge is 0.429 e. The predicted octanol–water partition coefficient (Wildman–Crippen LogP) is 1.88. The third-order valence-corrected chi connectivity index (χ3v) is 6.51. The standard InChI is InChI=1S/C16H20N2O4/c1-3-21-15(19)17-13-10-7-5-6-8-9(7)12(13)14(11(8)10)18(17)16(20)22-4-2/h5-14H,3-4H2,1-2H3/t7-,8-,9?,10-,11+,12?,13-,14-/m1/s1. The van der Waals surface area contributed by atoms with Crippen molar-refractivity contribution in [1.29, 1.82) is 0 Å². The fourth-order valence-corrected chi connectivity index (χ4v) is 6.39. The van der Waals surface area contributed by atoms with Gasteiger partial charge in [-0.2, -0.15) is 0 Å². The summed E-state index contributed by atoms with van der Waals surface area (Å²) in [5.41, 5.74) is 0. The molecule has 0 aromatic rings. The molecular formula is C16H20N2O4. The maximum atomic E-state index is 12.4. The molecule has 6 rings (SSSR count). The van der Waals surface area contributed by atoms with Gasteiger partial charge >= 0.3 is 12.2 Å². The number of nitrogens with zero attached hydrogens (tertiary/aromatic N) is 2. The Morgan fingerprint density at radius 3 is 1.68 bits per heavy atom. The summed E-state index contributed by atoms with van der Waals surface area (Å²) >= 11 is 0. The molecule has 22 heavy (non-hydrogen) atoms. The van der Waals surface area contributed by atoms with Gasteiger partial charge in [-0.1, -0.05) is 12.2 Å². The molecule has 0 radical (unpaired) electrons. The van der Waals surface area contributed by atoms with Crippen molar-refractivity contribution < 1.29 is 19.1 Å². The fraction of sp³-hybridized carbons (Fsp3) is 0.750. The number of amides is 2. The van der Waals surface area contributed by atoms with E-state index in [4.69, 9.17) is 9.47 Å². The lowest BCUT2D eigenvalue weighted by atomic mass is 9.81. The summed E-state index contributed by atoms with van der Waals surface area (Å²) in [4.78, 5) is 24.9. The van der Waals surface area contributed by atoms with E-state index in [2.05, 4.69) is 12.2 Å². The number of ether oxygens (including phenoxy) is 2. The van der Waals surface area contributed by atoms with E-state index >= 15 is 0 Å². The Morgan fingerprint density at radius 2 is 1.27 bits per heavy atom. The van der Waals surface area contributed by atoms with Crippen molar-refractivity contribution in [3.63, 3.8) is 0 Å². The van der Waals surface area contributed by atoms with E-state index in [0.717, 1.165) is 0 Å². The maximum Gasteiger partial charge on any atom is 0.429 e. The van der Waals surface area contributed by atoms with Gasteiger partial charge in [-0.05, 0) is 43.4 Å². The van der Waals surface area contributed by atoms with Crippen LogP contribution in [0.4, 0.5) is 9.59 Å². The van der Waals surface area contributed by atoms with Crippen LogP contribution in [0.25, 0.3) is 0 Å². The molecule has 6 heteroatoms. The van der Waals surface area contributed by atoms with E-state index < -0.39 is 12.2 Å². The van der Waals surface area contributed by atoms with Crippen molar-refractivity contribution in [2.75, 3.05) is 13.2 Å². The van der Waals surface area contributed by atoms with E-state index in [9.17, 15) is 9.59 Å². The summed E-state index contributed by atoms with van der Waals surface area (Å²) in [7, 11) is 0. The second kappa shape index (κ2) is 3.97. The van der Waals surface area contributed by atoms with Gasteiger partial charge in [-0.25, -0.2) is 19.6 Å². The van der Waals surface area contributed by atoms with Crippen LogP contribution in [0.1, 0.15) is 13.8 Å². The van der Waals surface area contributed by atoms with Crippen LogP contribution in [0, 0.1) is 35.5 Å². The van der Waals surface area contributed by atoms with Crippen LogP contribution in [0.3, 0.4) is 0 Å². The highest BCUT2D eigenvalue weighted by atomic mass is 16.6. The second-order valence-electron chi connectivity index (χ2n) is 6.92. The van der Waals surface area contributed by atoms with Crippen LogP contribution in [-0.2, 0) is 9.47 Å². The van der Waals surface area contributed by atoms with Gasteiger partial charge in [-0.15, -0.1) is 0 Å². The minimum Gasteiger partial charge on any atom is -0.448 e. The molecule has 8 atom stereocenters.